The van der Waals surface area contributed by atoms with Crippen LogP contribution in [0.25, 0.3) is 0 Å². The standard InChI is InChI=1S/C9H12O3S2/c1-13-9-4-2-8(3-5-9)6-7-14(10,11)12/h2-5H,6-7H2,1H3,(H,10,11,12). The molecule has 14 heavy (non-hydrogen) atoms. The Morgan fingerprint density at radius 3 is 2.29 bits per heavy atom. The van der Waals surface area contributed by atoms with Crippen molar-refractivity contribution in [2.45, 2.75) is 11.3 Å². The van der Waals surface area contributed by atoms with Crippen molar-refractivity contribution >= 4 is 21.9 Å². The van der Waals surface area contributed by atoms with Gasteiger partial charge in [0.05, 0.1) is 5.75 Å². The van der Waals surface area contributed by atoms with E-state index in [1.165, 1.54) is 0 Å². The van der Waals surface area contributed by atoms with E-state index in [1.807, 2.05) is 30.5 Å². The Hall–Kier alpha value is -0.520. The van der Waals surface area contributed by atoms with E-state index in [-0.39, 0.29) is 5.75 Å². The number of thioether (sulfide) groups is 1. The predicted molar refractivity (Wildman–Crippen MR) is 58.3 cm³/mol. The van der Waals surface area contributed by atoms with Gasteiger partial charge in [-0.3, -0.25) is 4.55 Å². The van der Waals surface area contributed by atoms with Crippen molar-refractivity contribution in [3.63, 3.8) is 0 Å². The highest BCUT2D eigenvalue weighted by Gasteiger charge is 2.04. The maximum atomic E-state index is 10.5. The van der Waals surface area contributed by atoms with Gasteiger partial charge in [0.25, 0.3) is 10.1 Å². The van der Waals surface area contributed by atoms with Gasteiger partial charge in [0, 0.05) is 4.90 Å². The lowest BCUT2D eigenvalue weighted by Gasteiger charge is -2.00. The molecule has 1 aromatic rings. The van der Waals surface area contributed by atoms with Gasteiger partial charge in [0.15, 0.2) is 0 Å². The highest BCUT2D eigenvalue weighted by atomic mass is 32.2. The summed E-state index contributed by atoms with van der Waals surface area (Å²) in [5.74, 6) is -0.217. The van der Waals surface area contributed by atoms with Crippen LogP contribution in [-0.2, 0) is 16.5 Å². The van der Waals surface area contributed by atoms with Gasteiger partial charge in [-0.15, -0.1) is 11.8 Å². The van der Waals surface area contributed by atoms with Gasteiger partial charge in [0.1, 0.15) is 0 Å². The van der Waals surface area contributed by atoms with Crippen molar-refractivity contribution < 1.29 is 13.0 Å². The highest BCUT2D eigenvalue weighted by molar-refractivity contribution is 7.98. The quantitative estimate of drug-likeness (QED) is 0.635. The second-order valence-electron chi connectivity index (χ2n) is 2.88. The first kappa shape index (κ1) is 11.6. The van der Waals surface area contributed by atoms with Crippen LogP contribution >= 0.6 is 11.8 Å². The van der Waals surface area contributed by atoms with Crippen molar-refractivity contribution in [2.75, 3.05) is 12.0 Å². The van der Waals surface area contributed by atoms with E-state index in [9.17, 15) is 8.42 Å². The van der Waals surface area contributed by atoms with Gasteiger partial charge in [-0.05, 0) is 30.4 Å². The van der Waals surface area contributed by atoms with E-state index in [0.29, 0.717) is 6.42 Å². The summed E-state index contributed by atoms with van der Waals surface area (Å²) in [5, 5.41) is 0. The first-order valence-corrected chi connectivity index (χ1v) is 6.93. The highest BCUT2D eigenvalue weighted by Crippen LogP contribution is 2.15. The van der Waals surface area contributed by atoms with Crippen LogP contribution in [0, 0.1) is 0 Å². The van der Waals surface area contributed by atoms with Crippen LogP contribution in [0.1, 0.15) is 5.56 Å². The normalized spacial score (nSPS) is 11.6. The molecule has 0 fully saturated rings. The average molecular weight is 232 g/mol. The van der Waals surface area contributed by atoms with Crippen LogP contribution in [0.4, 0.5) is 0 Å². The second-order valence-corrected chi connectivity index (χ2v) is 5.34. The molecule has 0 unspecified atom stereocenters. The summed E-state index contributed by atoms with van der Waals surface area (Å²) < 4.78 is 29.5. The molecule has 0 radical (unpaired) electrons. The Bertz CT molecular complexity index is 381. The first-order chi connectivity index (χ1) is 6.51. The van der Waals surface area contributed by atoms with E-state index < -0.39 is 10.1 Å². The molecule has 0 spiro atoms. The summed E-state index contributed by atoms with van der Waals surface area (Å²) in [5.41, 5.74) is 0.917. The number of hydrogen-bond donors (Lipinski definition) is 1. The average Bonchev–Trinajstić information content (AvgIpc) is 2.14. The zero-order valence-corrected chi connectivity index (χ0v) is 9.44. The lowest BCUT2D eigenvalue weighted by molar-refractivity contribution is 0.482. The molecule has 0 atom stereocenters. The molecule has 0 amide bonds. The fraction of sp³-hybridized carbons (Fsp3) is 0.333. The number of hydrogen-bond acceptors (Lipinski definition) is 3. The van der Waals surface area contributed by atoms with Gasteiger partial charge < -0.3 is 0 Å². The van der Waals surface area contributed by atoms with Crippen LogP contribution < -0.4 is 0 Å². The molecule has 1 N–H and O–H groups in total. The van der Waals surface area contributed by atoms with E-state index >= 15 is 0 Å². The van der Waals surface area contributed by atoms with Gasteiger partial charge in [-0.25, -0.2) is 0 Å². The summed E-state index contributed by atoms with van der Waals surface area (Å²) in [7, 11) is -3.84. The monoisotopic (exact) mass is 232 g/mol. The van der Waals surface area contributed by atoms with Crippen LogP contribution in [0.15, 0.2) is 29.2 Å². The van der Waals surface area contributed by atoms with E-state index in [1.54, 1.807) is 11.8 Å². The second kappa shape index (κ2) is 4.82. The van der Waals surface area contributed by atoms with Gasteiger partial charge in [-0.2, -0.15) is 8.42 Å². The molecule has 3 nitrogen and oxygen atoms in total. The first-order valence-electron chi connectivity index (χ1n) is 4.09. The van der Waals surface area contributed by atoms with Crippen molar-refractivity contribution in [3.05, 3.63) is 29.8 Å². The van der Waals surface area contributed by atoms with Crippen LogP contribution in [0.3, 0.4) is 0 Å². The topological polar surface area (TPSA) is 54.4 Å². The van der Waals surface area contributed by atoms with Crippen molar-refractivity contribution in [3.8, 4) is 0 Å². The summed E-state index contributed by atoms with van der Waals surface area (Å²) in [6.45, 7) is 0. The summed E-state index contributed by atoms with van der Waals surface area (Å²) in [6.07, 6.45) is 2.33. The van der Waals surface area contributed by atoms with Crippen molar-refractivity contribution in [2.24, 2.45) is 0 Å². The summed E-state index contributed by atoms with van der Waals surface area (Å²) >= 11 is 1.63. The molecule has 1 rings (SSSR count). The molecule has 0 aliphatic rings. The summed E-state index contributed by atoms with van der Waals surface area (Å²) in [6, 6.07) is 7.61. The Morgan fingerprint density at radius 2 is 1.86 bits per heavy atom. The van der Waals surface area contributed by atoms with Crippen LogP contribution in [0.2, 0.25) is 0 Å². The number of rotatable bonds is 4. The zero-order chi connectivity index (χ0) is 10.6. The van der Waals surface area contributed by atoms with Gasteiger partial charge in [0.2, 0.25) is 0 Å². The van der Waals surface area contributed by atoms with E-state index in [2.05, 4.69) is 0 Å². The Labute approximate surface area is 88.3 Å². The van der Waals surface area contributed by atoms with E-state index in [0.717, 1.165) is 10.5 Å². The number of aryl methyl sites for hydroxylation is 1. The van der Waals surface area contributed by atoms with Crippen LogP contribution in [0.5, 0.6) is 0 Å². The SMILES string of the molecule is CSc1ccc(CCS(=O)(=O)O)cc1. The molecule has 0 saturated heterocycles. The third kappa shape index (κ3) is 4.13. The molecule has 0 aliphatic carbocycles. The molecular formula is C9H12O3S2. The molecule has 0 aromatic heterocycles. The third-order valence-corrected chi connectivity index (χ3v) is 3.27. The lowest BCUT2D eigenvalue weighted by atomic mass is 10.2. The molecule has 0 saturated carbocycles. The minimum Gasteiger partial charge on any atom is -0.286 e. The largest absolute Gasteiger partial charge is 0.286 e. The maximum absolute atomic E-state index is 10.5. The Morgan fingerprint density at radius 1 is 1.29 bits per heavy atom. The minimum atomic E-state index is -3.84. The lowest BCUT2D eigenvalue weighted by Crippen LogP contribution is -2.06. The third-order valence-electron chi connectivity index (χ3n) is 1.81. The molecular weight excluding hydrogens is 220 g/mol. The van der Waals surface area contributed by atoms with Crippen molar-refractivity contribution in [1.29, 1.82) is 0 Å². The minimum absolute atomic E-state index is 0.217. The van der Waals surface area contributed by atoms with E-state index in [4.69, 9.17) is 4.55 Å². The Kier molecular flexibility index (Phi) is 3.97. The predicted octanol–water partition coefficient (Wildman–Crippen LogP) is 1.84. The molecule has 1 aromatic carbocycles. The fourth-order valence-corrected chi connectivity index (χ4v) is 1.94. The molecule has 0 bridgehead atoms. The fourth-order valence-electron chi connectivity index (χ4n) is 1.04. The molecule has 5 heteroatoms. The smallest absolute Gasteiger partial charge is 0.265 e. The zero-order valence-electron chi connectivity index (χ0n) is 7.80. The molecule has 78 valence electrons. The molecule has 0 heterocycles. The molecule has 0 aliphatic heterocycles. The maximum Gasteiger partial charge on any atom is 0.265 e. The summed E-state index contributed by atoms with van der Waals surface area (Å²) in [4.78, 5) is 1.14. The van der Waals surface area contributed by atoms with Crippen LogP contribution in [-0.4, -0.2) is 25.0 Å². The number of benzene rings is 1. The van der Waals surface area contributed by atoms with Gasteiger partial charge >= 0.3 is 0 Å². The van der Waals surface area contributed by atoms with Gasteiger partial charge in [-0.1, -0.05) is 12.1 Å². The van der Waals surface area contributed by atoms with Crippen molar-refractivity contribution in [1.82, 2.24) is 0 Å². The Balaban J connectivity index is 2.61.